The maximum atomic E-state index is 12.6. The molecular formula is C21H21N5O3S. The second-order valence-corrected chi connectivity index (χ2v) is 7.93. The molecule has 9 heteroatoms. The van der Waals surface area contributed by atoms with Crippen molar-refractivity contribution in [2.24, 2.45) is 0 Å². The van der Waals surface area contributed by atoms with Gasteiger partial charge in [-0.05, 0) is 31.5 Å². The largest absolute Gasteiger partial charge is 0.325 e. The fourth-order valence-electron chi connectivity index (χ4n) is 2.74. The van der Waals surface area contributed by atoms with E-state index in [-0.39, 0.29) is 22.7 Å². The summed E-state index contributed by atoms with van der Waals surface area (Å²) in [5.41, 5.74) is 2.11. The number of aromatic nitrogens is 3. The van der Waals surface area contributed by atoms with E-state index in [1.54, 1.807) is 31.2 Å². The van der Waals surface area contributed by atoms with Gasteiger partial charge < -0.3 is 10.6 Å². The highest BCUT2D eigenvalue weighted by Gasteiger charge is 2.19. The first-order chi connectivity index (χ1) is 14.3. The van der Waals surface area contributed by atoms with Gasteiger partial charge >= 0.3 is 0 Å². The number of rotatable bonds is 6. The number of hydrogen-bond donors (Lipinski definition) is 3. The highest BCUT2D eigenvalue weighted by molar-refractivity contribution is 8.00. The molecule has 3 rings (SSSR count). The molecule has 30 heavy (non-hydrogen) atoms. The third-order valence-electron chi connectivity index (χ3n) is 4.20. The molecule has 3 N–H and O–H groups in total. The molecule has 0 saturated heterocycles. The molecule has 0 aliphatic heterocycles. The topological polar surface area (TPSA) is 117 Å². The van der Waals surface area contributed by atoms with Crippen molar-refractivity contribution in [1.82, 2.24) is 15.2 Å². The summed E-state index contributed by atoms with van der Waals surface area (Å²) in [4.78, 5) is 39.2. The third kappa shape index (κ3) is 5.12. The molecule has 0 fully saturated rings. The van der Waals surface area contributed by atoms with Crippen LogP contribution < -0.4 is 16.2 Å². The lowest BCUT2D eigenvalue weighted by molar-refractivity contribution is -0.115. The molecule has 1 heterocycles. The van der Waals surface area contributed by atoms with Crippen molar-refractivity contribution in [3.8, 4) is 11.3 Å². The van der Waals surface area contributed by atoms with E-state index in [0.29, 0.717) is 16.9 Å². The number of H-pyrrole nitrogens is 1. The van der Waals surface area contributed by atoms with E-state index in [9.17, 15) is 14.4 Å². The van der Waals surface area contributed by atoms with E-state index in [1.165, 1.54) is 6.92 Å². The van der Waals surface area contributed by atoms with E-state index in [0.717, 1.165) is 17.3 Å². The van der Waals surface area contributed by atoms with Crippen LogP contribution in [0.1, 0.15) is 19.4 Å². The quantitative estimate of drug-likeness (QED) is 0.524. The number of aryl methyl sites for hydroxylation is 1. The van der Waals surface area contributed by atoms with Crippen LogP contribution in [-0.4, -0.2) is 32.2 Å². The van der Waals surface area contributed by atoms with Gasteiger partial charge in [0.2, 0.25) is 11.8 Å². The highest BCUT2D eigenvalue weighted by atomic mass is 32.2. The molecule has 1 aromatic heterocycles. The minimum absolute atomic E-state index is 0.0909. The number of hydrogen-bond acceptors (Lipinski definition) is 6. The Bertz CT molecular complexity index is 1130. The van der Waals surface area contributed by atoms with Gasteiger partial charge in [0.25, 0.3) is 5.56 Å². The van der Waals surface area contributed by atoms with Gasteiger partial charge in [-0.15, -0.1) is 10.2 Å². The summed E-state index contributed by atoms with van der Waals surface area (Å²) in [6, 6.07) is 14.4. The molecule has 0 radical (unpaired) electrons. The maximum absolute atomic E-state index is 12.6. The average molecular weight is 423 g/mol. The van der Waals surface area contributed by atoms with Crippen LogP contribution in [0.25, 0.3) is 11.3 Å². The van der Waals surface area contributed by atoms with Crippen molar-refractivity contribution in [3.63, 3.8) is 0 Å². The van der Waals surface area contributed by atoms with Crippen LogP contribution >= 0.6 is 11.8 Å². The Labute approximate surface area is 177 Å². The molecule has 2 aromatic carbocycles. The SMILES string of the molecule is CC(=O)Nc1c(C)cccc1-c1nnc(S[C@@H](C)C(=O)Nc2ccccc2)[nH]c1=O. The fourth-order valence-corrected chi connectivity index (χ4v) is 3.49. The first-order valence-corrected chi connectivity index (χ1v) is 10.1. The van der Waals surface area contributed by atoms with Crippen LogP contribution in [0, 0.1) is 6.92 Å². The summed E-state index contributed by atoms with van der Waals surface area (Å²) in [6.45, 7) is 4.94. The Kier molecular flexibility index (Phi) is 6.63. The van der Waals surface area contributed by atoms with E-state index in [4.69, 9.17) is 0 Å². The molecule has 154 valence electrons. The number of carbonyl (C=O) groups excluding carboxylic acids is 2. The monoisotopic (exact) mass is 423 g/mol. The summed E-state index contributed by atoms with van der Waals surface area (Å²) >= 11 is 1.10. The molecule has 0 spiro atoms. The lowest BCUT2D eigenvalue weighted by Crippen LogP contribution is -2.23. The van der Waals surface area contributed by atoms with Crippen molar-refractivity contribution >= 4 is 35.0 Å². The maximum Gasteiger partial charge on any atom is 0.278 e. The molecule has 0 bridgehead atoms. The number of benzene rings is 2. The van der Waals surface area contributed by atoms with E-state index < -0.39 is 10.8 Å². The van der Waals surface area contributed by atoms with Gasteiger partial charge in [-0.3, -0.25) is 19.4 Å². The standard InChI is InChI=1S/C21H21N5O3S/c1-12-8-7-11-16(17(12)22-14(3)27)18-20(29)24-21(26-25-18)30-13(2)19(28)23-15-9-5-4-6-10-15/h4-11,13H,1-3H3,(H,22,27)(H,23,28)(H,24,26,29)/t13-/m0/s1. The van der Waals surface area contributed by atoms with Crippen molar-refractivity contribution in [2.45, 2.75) is 31.2 Å². The molecular weight excluding hydrogens is 402 g/mol. The van der Waals surface area contributed by atoms with Gasteiger partial charge in [-0.1, -0.05) is 48.2 Å². The van der Waals surface area contributed by atoms with E-state index >= 15 is 0 Å². The van der Waals surface area contributed by atoms with Crippen LogP contribution in [0.15, 0.2) is 58.5 Å². The molecule has 8 nitrogen and oxygen atoms in total. The predicted molar refractivity (Wildman–Crippen MR) is 118 cm³/mol. The van der Waals surface area contributed by atoms with Gasteiger partial charge in [0.1, 0.15) is 0 Å². The smallest absolute Gasteiger partial charge is 0.278 e. The zero-order chi connectivity index (χ0) is 21.7. The van der Waals surface area contributed by atoms with Crippen molar-refractivity contribution in [2.75, 3.05) is 10.6 Å². The zero-order valence-electron chi connectivity index (χ0n) is 16.7. The van der Waals surface area contributed by atoms with E-state index in [2.05, 4.69) is 25.8 Å². The second kappa shape index (κ2) is 9.36. The molecule has 0 unspecified atom stereocenters. The number of para-hydroxylation sites is 2. The first kappa shape index (κ1) is 21.3. The highest BCUT2D eigenvalue weighted by Crippen LogP contribution is 2.28. The Balaban J connectivity index is 1.79. The minimum atomic E-state index is -0.505. The van der Waals surface area contributed by atoms with Crippen molar-refractivity contribution in [1.29, 1.82) is 0 Å². The zero-order valence-corrected chi connectivity index (χ0v) is 17.5. The Morgan fingerprint density at radius 3 is 2.43 bits per heavy atom. The van der Waals surface area contributed by atoms with Crippen LogP contribution in [0.2, 0.25) is 0 Å². The van der Waals surface area contributed by atoms with Crippen molar-refractivity contribution in [3.05, 3.63) is 64.4 Å². The van der Waals surface area contributed by atoms with Crippen LogP contribution in [0.5, 0.6) is 0 Å². The summed E-state index contributed by atoms with van der Waals surface area (Å²) < 4.78 is 0. The van der Waals surface area contributed by atoms with Gasteiger partial charge in [-0.25, -0.2) is 0 Å². The molecule has 1 atom stereocenters. The van der Waals surface area contributed by atoms with Crippen LogP contribution in [-0.2, 0) is 9.59 Å². The van der Waals surface area contributed by atoms with Gasteiger partial charge in [0.05, 0.1) is 10.9 Å². The summed E-state index contributed by atoms with van der Waals surface area (Å²) in [5, 5.41) is 13.4. The Hall–Kier alpha value is -3.46. The van der Waals surface area contributed by atoms with Crippen LogP contribution in [0.4, 0.5) is 11.4 Å². The van der Waals surface area contributed by atoms with E-state index in [1.807, 2.05) is 31.2 Å². The summed E-state index contributed by atoms with van der Waals surface area (Å²) in [6.07, 6.45) is 0. The number of amides is 2. The van der Waals surface area contributed by atoms with Gasteiger partial charge in [0.15, 0.2) is 10.9 Å². The number of nitrogens with zero attached hydrogens (tertiary/aromatic N) is 2. The second-order valence-electron chi connectivity index (χ2n) is 6.60. The number of aromatic amines is 1. The predicted octanol–water partition coefficient (Wildman–Crippen LogP) is 3.22. The molecule has 0 aliphatic rings. The molecule has 0 aliphatic carbocycles. The van der Waals surface area contributed by atoms with Gasteiger partial charge in [0, 0.05) is 18.2 Å². The average Bonchev–Trinajstić information content (AvgIpc) is 2.70. The number of carbonyl (C=O) groups is 2. The molecule has 3 aromatic rings. The van der Waals surface area contributed by atoms with Crippen molar-refractivity contribution < 1.29 is 9.59 Å². The number of thioether (sulfide) groups is 1. The summed E-state index contributed by atoms with van der Waals surface area (Å²) in [7, 11) is 0. The minimum Gasteiger partial charge on any atom is -0.325 e. The van der Waals surface area contributed by atoms with Crippen LogP contribution in [0.3, 0.4) is 0 Å². The lowest BCUT2D eigenvalue weighted by Gasteiger charge is -2.13. The Morgan fingerprint density at radius 2 is 1.77 bits per heavy atom. The first-order valence-electron chi connectivity index (χ1n) is 9.22. The number of anilines is 2. The third-order valence-corrected chi connectivity index (χ3v) is 5.18. The number of nitrogens with one attached hydrogen (secondary N) is 3. The lowest BCUT2D eigenvalue weighted by atomic mass is 10.1. The fraction of sp³-hybridized carbons (Fsp3) is 0.190. The molecule has 2 amide bonds. The summed E-state index contributed by atoms with van der Waals surface area (Å²) in [5.74, 6) is -0.468. The normalized spacial score (nSPS) is 11.6. The Morgan fingerprint density at radius 1 is 1.03 bits per heavy atom. The van der Waals surface area contributed by atoms with Gasteiger partial charge in [-0.2, -0.15) is 0 Å². The molecule has 0 saturated carbocycles.